The highest BCUT2D eigenvalue weighted by molar-refractivity contribution is 6.23. The average molecular weight is 528 g/mol. The molecule has 0 atom stereocenters. The van der Waals surface area contributed by atoms with E-state index in [-0.39, 0.29) is 0 Å². The molecule has 0 spiro atoms. The lowest BCUT2D eigenvalue weighted by Gasteiger charge is -2.28. The van der Waals surface area contributed by atoms with Crippen molar-refractivity contribution in [1.29, 1.82) is 0 Å². The van der Waals surface area contributed by atoms with Crippen LogP contribution in [0.4, 0.5) is 5.69 Å². The Morgan fingerprint density at radius 1 is 0.585 bits per heavy atom. The van der Waals surface area contributed by atoms with Crippen molar-refractivity contribution in [3.8, 4) is 11.1 Å². The molecule has 0 amide bonds. The van der Waals surface area contributed by atoms with Crippen molar-refractivity contribution in [3.05, 3.63) is 151 Å². The Hall–Kier alpha value is -5.48. The van der Waals surface area contributed by atoms with E-state index in [1.54, 1.807) is 0 Å². The topological polar surface area (TPSA) is 41.1 Å². The molecular weight excluding hydrogens is 502 g/mol. The molecule has 0 unspecified atom stereocenters. The second kappa shape index (κ2) is 9.61. The van der Waals surface area contributed by atoms with Crippen LogP contribution in [0, 0.1) is 0 Å². The fourth-order valence-corrected chi connectivity index (χ4v) is 5.79. The van der Waals surface area contributed by atoms with E-state index < -0.39 is 0 Å². The van der Waals surface area contributed by atoms with E-state index in [1.807, 2.05) is 48.5 Å². The molecule has 0 N–H and O–H groups in total. The second-order valence-corrected chi connectivity index (χ2v) is 10.2. The Balaban J connectivity index is 1.29. The summed E-state index contributed by atoms with van der Waals surface area (Å²) in [7, 11) is 0. The number of amidine groups is 2. The van der Waals surface area contributed by atoms with Crippen molar-refractivity contribution in [2.75, 3.05) is 11.6 Å². The van der Waals surface area contributed by atoms with Crippen LogP contribution in [-0.2, 0) is 0 Å². The highest BCUT2D eigenvalue weighted by Crippen LogP contribution is 2.41. The minimum Gasteiger partial charge on any atom is -0.455 e. The summed E-state index contributed by atoms with van der Waals surface area (Å²) in [4.78, 5) is 12.2. The number of anilines is 1. The maximum absolute atomic E-state index is 6.53. The molecule has 0 saturated heterocycles. The van der Waals surface area contributed by atoms with Crippen molar-refractivity contribution in [2.24, 2.45) is 9.98 Å². The maximum Gasteiger partial charge on any atom is 0.158 e. The largest absolute Gasteiger partial charge is 0.455 e. The van der Waals surface area contributed by atoms with Crippen LogP contribution < -0.4 is 4.90 Å². The molecule has 0 radical (unpaired) electrons. The number of hydrogen-bond donors (Lipinski definition) is 0. The molecule has 1 aliphatic rings. The van der Waals surface area contributed by atoms with Gasteiger partial charge in [0.25, 0.3) is 0 Å². The third-order valence-corrected chi connectivity index (χ3v) is 7.73. The van der Waals surface area contributed by atoms with Gasteiger partial charge in [-0.15, -0.1) is 0 Å². The molecule has 4 heteroatoms. The summed E-state index contributed by atoms with van der Waals surface area (Å²) < 4.78 is 6.53. The SMILES string of the molecule is c1ccc(C2=NCN(c3cccc(-c4cc5ccccc5c5c4oc4ccccc45)c3)C(c3ccccc3)=N2)cc1. The molecule has 1 aliphatic heterocycles. The Morgan fingerprint density at radius 2 is 1.27 bits per heavy atom. The second-order valence-electron chi connectivity index (χ2n) is 10.2. The molecule has 194 valence electrons. The number of para-hydroxylation sites is 1. The molecule has 2 heterocycles. The van der Waals surface area contributed by atoms with E-state index in [1.165, 1.54) is 10.8 Å². The van der Waals surface area contributed by atoms with Crippen molar-refractivity contribution in [2.45, 2.75) is 0 Å². The summed E-state index contributed by atoms with van der Waals surface area (Å²) in [6.07, 6.45) is 0. The number of hydrogen-bond acceptors (Lipinski definition) is 4. The Bertz CT molecular complexity index is 2120. The van der Waals surface area contributed by atoms with Crippen molar-refractivity contribution < 1.29 is 4.42 Å². The van der Waals surface area contributed by atoms with Crippen LogP contribution in [0.3, 0.4) is 0 Å². The monoisotopic (exact) mass is 527 g/mol. The van der Waals surface area contributed by atoms with Crippen LogP contribution in [0.1, 0.15) is 11.1 Å². The first-order valence-electron chi connectivity index (χ1n) is 13.8. The molecular formula is C37H25N3O. The van der Waals surface area contributed by atoms with E-state index in [9.17, 15) is 0 Å². The van der Waals surface area contributed by atoms with Gasteiger partial charge in [-0.3, -0.25) is 0 Å². The number of benzene rings is 6. The zero-order chi connectivity index (χ0) is 27.2. The van der Waals surface area contributed by atoms with Crippen molar-refractivity contribution >= 4 is 50.1 Å². The van der Waals surface area contributed by atoms with Gasteiger partial charge in [-0.2, -0.15) is 0 Å². The van der Waals surface area contributed by atoms with Gasteiger partial charge in [0.2, 0.25) is 0 Å². The predicted octanol–water partition coefficient (Wildman–Crippen LogP) is 9.08. The lowest BCUT2D eigenvalue weighted by Crippen LogP contribution is -2.36. The zero-order valence-electron chi connectivity index (χ0n) is 22.2. The number of fused-ring (bicyclic) bond motifs is 5. The van der Waals surface area contributed by atoms with E-state index in [0.717, 1.165) is 61.6 Å². The molecule has 0 aliphatic carbocycles. The average Bonchev–Trinajstić information content (AvgIpc) is 3.45. The normalized spacial score (nSPS) is 13.5. The van der Waals surface area contributed by atoms with Crippen LogP contribution >= 0.6 is 0 Å². The van der Waals surface area contributed by atoms with Gasteiger partial charge < -0.3 is 9.32 Å². The van der Waals surface area contributed by atoms with E-state index >= 15 is 0 Å². The number of rotatable bonds is 4. The lowest BCUT2D eigenvalue weighted by molar-refractivity contribution is 0.670. The van der Waals surface area contributed by atoms with E-state index in [4.69, 9.17) is 14.4 Å². The number of aliphatic imine (C=N–C) groups is 2. The summed E-state index contributed by atoms with van der Waals surface area (Å²) in [5.74, 6) is 1.62. The first-order valence-corrected chi connectivity index (χ1v) is 13.8. The molecule has 1 aromatic heterocycles. The van der Waals surface area contributed by atoms with E-state index in [0.29, 0.717) is 6.67 Å². The molecule has 0 bridgehead atoms. The first kappa shape index (κ1) is 23.4. The van der Waals surface area contributed by atoms with Gasteiger partial charge in [0.05, 0.1) is 0 Å². The van der Waals surface area contributed by atoms with Crippen LogP contribution in [0.15, 0.2) is 154 Å². The van der Waals surface area contributed by atoms with Gasteiger partial charge in [-0.1, -0.05) is 115 Å². The quantitative estimate of drug-likeness (QED) is 0.229. The summed E-state index contributed by atoms with van der Waals surface area (Å²) >= 11 is 0. The molecule has 41 heavy (non-hydrogen) atoms. The summed E-state index contributed by atoms with van der Waals surface area (Å²) in [5, 5.41) is 4.67. The maximum atomic E-state index is 6.53. The first-order chi connectivity index (χ1) is 20.3. The highest BCUT2D eigenvalue weighted by atomic mass is 16.3. The van der Waals surface area contributed by atoms with Crippen LogP contribution in [0.5, 0.6) is 0 Å². The Labute approximate surface area is 237 Å². The van der Waals surface area contributed by atoms with Gasteiger partial charge in [-0.05, 0) is 40.6 Å². The van der Waals surface area contributed by atoms with Crippen molar-refractivity contribution in [3.63, 3.8) is 0 Å². The molecule has 0 saturated carbocycles. The molecule has 0 fully saturated rings. The van der Waals surface area contributed by atoms with Gasteiger partial charge in [0.15, 0.2) is 5.84 Å². The minimum absolute atomic E-state index is 0.471. The lowest BCUT2D eigenvalue weighted by atomic mass is 9.96. The fraction of sp³-hybridized carbons (Fsp3) is 0.0270. The summed E-state index contributed by atoms with van der Waals surface area (Å²) in [6.45, 7) is 0.471. The Morgan fingerprint density at radius 3 is 2.10 bits per heavy atom. The number of nitrogens with zero attached hydrogens (tertiary/aromatic N) is 3. The smallest absolute Gasteiger partial charge is 0.158 e. The van der Waals surface area contributed by atoms with Gasteiger partial charge in [0, 0.05) is 33.2 Å². The minimum atomic E-state index is 0.471. The van der Waals surface area contributed by atoms with Crippen LogP contribution in [0.25, 0.3) is 43.8 Å². The number of furan rings is 1. The molecule has 6 aromatic carbocycles. The van der Waals surface area contributed by atoms with Gasteiger partial charge in [-0.25, -0.2) is 9.98 Å². The molecule has 4 nitrogen and oxygen atoms in total. The Kier molecular flexibility index (Phi) is 5.49. The summed E-state index contributed by atoms with van der Waals surface area (Å²) in [5.41, 5.74) is 7.04. The molecule has 7 aromatic rings. The third-order valence-electron chi connectivity index (χ3n) is 7.73. The van der Waals surface area contributed by atoms with Crippen LogP contribution in [-0.4, -0.2) is 18.3 Å². The summed E-state index contributed by atoms with van der Waals surface area (Å²) in [6, 6.07) is 48.2. The molecule has 8 rings (SSSR count). The highest BCUT2D eigenvalue weighted by Gasteiger charge is 2.22. The van der Waals surface area contributed by atoms with Gasteiger partial charge >= 0.3 is 0 Å². The van der Waals surface area contributed by atoms with Crippen LogP contribution in [0.2, 0.25) is 0 Å². The fourth-order valence-electron chi connectivity index (χ4n) is 5.79. The standard InChI is InChI=1S/C37H25N3O/c1-3-12-25(13-4-1)36-38-24-40(37(39-36)26-14-5-2-6-15-26)29-18-11-17-27(22-29)32-23-28-16-7-8-19-30(28)34-31-20-9-10-21-33(31)41-35(32)34/h1-23H,24H2. The van der Waals surface area contributed by atoms with E-state index in [2.05, 4.69) is 95.9 Å². The van der Waals surface area contributed by atoms with Gasteiger partial charge in [0.1, 0.15) is 23.7 Å². The predicted molar refractivity (Wildman–Crippen MR) is 170 cm³/mol. The zero-order valence-corrected chi connectivity index (χ0v) is 22.2. The van der Waals surface area contributed by atoms with Crippen molar-refractivity contribution in [1.82, 2.24) is 0 Å². The third kappa shape index (κ3) is 4.00.